The number of carbonyl (C=O) groups excluding carboxylic acids is 1. The summed E-state index contributed by atoms with van der Waals surface area (Å²) >= 11 is 0. The second-order valence-corrected chi connectivity index (χ2v) is 8.90. The molecule has 9 heteroatoms. The third kappa shape index (κ3) is 6.54. The first-order chi connectivity index (χ1) is 18.2. The van der Waals surface area contributed by atoms with Crippen molar-refractivity contribution in [2.45, 2.75) is 38.8 Å². The zero-order chi connectivity index (χ0) is 27.3. The maximum absolute atomic E-state index is 13.4. The molecule has 0 amide bonds. The number of halogens is 3. The van der Waals surface area contributed by atoms with Gasteiger partial charge in [0.15, 0.2) is 0 Å². The van der Waals surface area contributed by atoms with Crippen LogP contribution in [0.3, 0.4) is 0 Å². The monoisotopic (exact) mass is 527 g/mol. The molecule has 1 aromatic heterocycles. The first-order valence-electron chi connectivity index (χ1n) is 12.0. The number of fused-ring (bicyclic) bond motifs is 1. The summed E-state index contributed by atoms with van der Waals surface area (Å²) in [4.78, 5) is 12.4. The number of alkyl halides is 3. The van der Waals surface area contributed by atoms with Crippen LogP contribution in [0.15, 0.2) is 71.1 Å². The van der Waals surface area contributed by atoms with Gasteiger partial charge in [0, 0.05) is 30.2 Å². The molecule has 0 aliphatic rings. The summed E-state index contributed by atoms with van der Waals surface area (Å²) in [6, 6.07) is 18.6. The van der Waals surface area contributed by atoms with Crippen molar-refractivity contribution in [1.82, 2.24) is 0 Å². The van der Waals surface area contributed by atoms with E-state index in [1.54, 1.807) is 55.5 Å². The largest absolute Gasteiger partial charge is 0.489 e. The van der Waals surface area contributed by atoms with Crippen LogP contribution < -0.4 is 10.5 Å². The smallest absolute Gasteiger partial charge is 0.449 e. The number of hydrogen-bond acceptors (Lipinski definition) is 6. The highest BCUT2D eigenvalue weighted by Gasteiger charge is 2.35. The highest BCUT2D eigenvalue weighted by atomic mass is 19.4. The molecule has 0 aliphatic heterocycles. The fraction of sp³-hybridized carbons (Fsp3) is 0.276. The Bertz CT molecular complexity index is 1410. The van der Waals surface area contributed by atoms with Gasteiger partial charge in [0.1, 0.15) is 24.0 Å². The van der Waals surface area contributed by atoms with Crippen molar-refractivity contribution < 1.29 is 36.6 Å². The second kappa shape index (κ2) is 11.7. The minimum atomic E-state index is -4.62. The molecule has 38 heavy (non-hydrogen) atoms. The lowest BCUT2D eigenvalue weighted by Crippen LogP contribution is -2.21. The third-order valence-electron chi connectivity index (χ3n) is 5.86. The summed E-state index contributed by atoms with van der Waals surface area (Å²) in [6.45, 7) is 2.36. The van der Waals surface area contributed by atoms with Crippen LogP contribution in [-0.4, -0.2) is 25.8 Å². The van der Waals surface area contributed by atoms with Crippen molar-refractivity contribution in [3.8, 4) is 16.9 Å². The number of esters is 1. The van der Waals surface area contributed by atoms with E-state index < -0.39 is 17.9 Å². The van der Waals surface area contributed by atoms with E-state index in [1.165, 1.54) is 7.11 Å². The molecule has 4 rings (SSSR count). The first kappa shape index (κ1) is 27.2. The van der Waals surface area contributed by atoms with Gasteiger partial charge >= 0.3 is 12.1 Å². The Labute approximate surface area is 218 Å². The molecule has 1 atom stereocenters. The Balaban J connectivity index is 1.63. The van der Waals surface area contributed by atoms with Crippen molar-refractivity contribution in [3.05, 3.63) is 89.2 Å². The average Bonchev–Trinajstić information content (AvgIpc) is 3.33. The minimum Gasteiger partial charge on any atom is -0.489 e. The van der Waals surface area contributed by atoms with Crippen LogP contribution in [0.5, 0.6) is 5.75 Å². The minimum absolute atomic E-state index is 0.00291. The predicted octanol–water partition coefficient (Wildman–Crippen LogP) is 6.28. The van der Waals surface area contributed by atoms with Gasteiger partial charge in [0.05, 0.1) is 13.0 Å². The summed E-state index contributed by atoms with van der Waals surface area (Å²) in [5, 5.41) is 0.301. The second-order valence-electron chi connectivity index (χ2n) is 8.90. The summed E-state index contributed by atoms with van der Waals surface area (Å²) < 4.78 is 62.0. The lowest BCUT2D eigenvalue weighted by atomic mass is 9.99. The Morgan fingerprint density at radius 1 is 1.03 bits per heavy atom. The van der Waals surface area contributed by atoms with Gasteiger partial charge in [-0.15, -0.1) is 0 Å². The van der Waals surface area contributed by atoms with Crippen LogP contribution in [0, 0.1) is 0 Å². The number of ether oxygens (including phenoxy) is 3. The maximum Gasteiger partial charge on any atom is 0.449 e. The van der Waals surface area contributed by atoms with Crippen molar-refractivity contribution in [2.75, 3.05) is 13.7 Å². The van der Waals surface area contributed by atoms with Gasteiger partial charge in [-0.05, 0) is 53.9 Å². The number of carbonyl (C=O) groups is 1. The topological polar surface area (TPSA) is 83.9 Å². The molecule has 4 aromatic rings. The van der Waals surface area contributed by atoms with Gasteiger partial charge in [0.2, 0.25) is 5.76 Å². The van der Waals surface area contributed by atoms with Crippen LogP contribution in [0.1, 0.15) is 29.4 Å². The highest BCUT2D eigenvalue weighted by Crippen LogP contribution is 2.39. The maximum atomic E-state index is 13.4. The van der Waals surface area contributed by atoms with E-state index in [4.69, 9.17) is 24.4 Å². The van der Waals surface area contributed by atoms with E-state index in [-0.39, 0.29) is 37.9 Å². The molecule has 0 radical (unpaired) electrons. The van der Waals surface area contributed by atoms with E-state index in [0.717, 1.165) is 11.6 Å². The molecule has 3 aromatic carbocycles. The van der Waals surface area contributed by atoms with Gasteiger partial charge in [-0.2, -0.15) is 13.2 Å². The van der Waals surface area contributed by atoms with Crippen LogP contribution in [0.25, 0.3) is 22.1 Å². The fourth-order valence-electron chi connectivity index (χ4n) is 4.16. The third-order valence-corrected chi connectivity index (χ3v) is 5.86. The zero-order valence-corrected chi connectivity index (χ0v) is 21.0. The van der Waals surface area contributed by atoms with Crippen LogP contribution >= 0.6 is 0 Å². The summed E-state index contributed by atoms with van der Waals surface area (Å²) in [5.41, 5.74) is 9.16. The summed E-state index contributed by atoms with van der Waals surface area (Å²) in [6.07, 6.45) is -5.02. The molecule has 0 fully saturated rings. The Kier molecular flexibility index (Phi) is 8.38. The molecule has 0 saturated carbocycles. The number of benzene rings is 3. The molecule has 0 saturated heterocycles. The van der Waals surface area contributed by atoms with E-state index in [0.29, 0.717) is 33.4 Å². The molecule has 6 nitrogen and oxygen atoms in total. The average molecular weight is 528 g/mol. The van der Waals surface area contributed by atoms with Crippen LogP contribution in [0.2, 0.25) is 0 Å². The van der Waals surface area contributed by atoms with E-state index >= 15 is 0 Å². The summed E-state index contributed by atoms with van der Waals surface area (Å²) in [5.74, 6) is -1.03. The van der Waals surface area contributed by atoms with Gasteiger partial charge in [-0.3, -0.25) is 4.79 Å². The Morgan fingerprint density at radius 2 is 1.82 bits per heavy atom. The van der Waals surface area contributed by atoms with Crippen LogP contribution in [-0.2, 0) is 40.0 Å². The van der Waals surface area contributed by atoms with E-state index in [9.17, 15) is 18.0 Å². The highest BCUT2D eigenvalue weighted by molar-refractivity contribution is 5.93. The number of hydrogen-bond donors (Lipinski definition) is 1. The van der Waals surface area contributed by atoms with E-state index in [2.05, 4.69) is 0 Å². The van der Waals surface area contributed by atoms with Crippen molar-refractivity contribution in [3.63, 3.8) is 0 Å². The van der Waals surface area contributed by atoms with Gasteiger partial charge in [-0.1, -0.05) is 36.4 Å². The van der Waals surface area contributed by atoms with Crippen LogP contribution in [0.4, 0.5) is 13.2 Å². The normalized spacial score (nSPS) is 12.5. The summed E-state index contributed by atoms with van der Waals surface area (Å²) in [7, 11) is 1.53. The lowest BCUT2D eigenvalue weighted by Gasteiger charge is -2.15. The number of furan rings is 1. The standard InChI is InChI=1S/C29H28F3NO5/c1-18(16-35-2)37-27(34)14-22-7-3-4-9-25(22)36-17-20-11-23-13-26(29(30,31)32)38-28(23)24(12-20)21-8-5-6-19(10-21)15-33/h3-13,18H,14-17,33H2,1-2H3. The molecule has 1 heterocycles. The molecule has 0 aliphatic carbocycles. The van der Waals surface area contributed by atoms with Gasteiger partial charge in [0.25, 0.3) is 0 Å². The molecule has 2 N–H and O–H groups in total. The van der Waals surface area contributed by atoms with Crippen molar-refractivity contribution in [2.24, 2.45) is 5.73 Å². The molecule has 0 bridgehead atoms. The zero-order valence-electron chi connectivity index (χ0n) is 21.0. The lowest BCUT2D eigenvalue weighted by molar-refractivity contribution is -0.152. The Morgan fingerprint density at radius 3 is 2.55 bits per heavy atom. The Hall–Kier alpha value is -3.82. The number of nitrogens with two attached hydrogens (primary N) is 1. The fourth-order valence-corrected chi connectivity index (χ4v) is 4.16. The number of para-hydroxylation sites is 1. The molecular weight excluding hydrogens is 499 g/mol. The number of methoxy groups -OCH3 is 1. The first-order valence-corrected chi connectivity index (χ1v) is 12.0. The van der Waals surface area contributed by atoms with Gasteiger partial charge in [-0.25, -0.2) is 0 Å². The molecule has 200 valence electrons. The van der Waals surface area contributed by atoms with Crippen molar-refractivity contribution in [1.29, 1.82) is 0 Å². The molecule has 0 spiro atoms. The van der Waals surface area contributed by atoms with Gasteiger partial charge < -0.3 is 24.4 Å². The predicted molar refractivity (Wildman–Crippen MR) is 136 cm³/mol. The SMILES string of the molecule is COCC(C)OC(=O)Cc1ccccc1OCc1cc(-c2cccc(CN)c2)c2oc(C(F)(F)F)cc2c1. The van der Waals surface area contributed by atoms with E-state index in [1.807, 2.05) is 12.1 Å². The number of rotatable bonds is 10. The molecule has 1 unspecified atom stereocenters. The quantitative estimate of drug-likeness (QED) is 0.245. The molecular formula is C29H28F3NO5. The van der Waals surface area contributed by atoms with Crippen molar-refractivity contribution >= 4 is 16.9 Å².